The van der Waals surface area contributed by atoms with Crippen molar-refractivity contribution in [1.29, 1.82) is 5.26 Å². The molecule has 0 aromatic heterocycles. The molecule has 2 nitrogen and oxygen atoms in total. The van der Waals surface area contributed by atoms with Gasteiger partial charge in [-0.15, -0.1) is 0 Å². The van der Waals surface area contributed by atoms with E-state index in [4.69, 9.17) is 5.26 Å². The zero-order chi connectivity index (χ0) is 9.84. The molecule has 0 atom stereocenters. The van der Waals surface area contributed by atoms with Crippen molar-refractivity contribution in [3.63, 3.8) is 0 Å². The quantitative estimate of drug-likeness (QED) is 0.586. The molecule has 1 aromatic carbocycles. The molecule has 1 aromatic rings. The summed E-state index contributed by atoms with van der Waals surface area (Å²) in [7, 11) is 0. The fourth-order valence-corrected chi connectivity index (χ4v) is 1.37. The van der Waals surface area contributed by atoms with Gasteiger partial charge in [0.1, 0.15) is 0 Å². The smallest absolute Gasteiger partial charge is 0.173 e. The van der Waals surface area contributed by atoms with Crippen LogP contribution in [0.15, 0.2) is 18.2 Å². The second-order valence-corrected chi connectivity index (χ2v) is 3.26. The fourth-order valence-electron chi connectivity index (χ4n) is 1.06. The summed E-state index contributed by atoms with van der Waals surface area (Å²) in [5.41, 5.74) is 2.05. The fraction of sp³-hybridized carbons (Fsp3) is 0.200. The molecule has 3 heteroatoms. The molecule has 0 aliphatic carbocycles. The Morgan fingerprint density at radius 3 is 2.85 bits per heavy atom. The van der Waals surface area contributed by atoms with Gasteiger partial charge in [0.2, 0.25) is 0 Å². The van der Waals surface area contributed by atoms with Gasteiger partial charge >= 0.3 is 0 Å². The minimum Gasteiger partial charge on any atom is -0.293 e. The van der Waals surface area contributed by atoms with Crippen LogP contribution in [-0.2, 0) is 0 Å². The van der Waals surface area contributed by atoms with Crippen LogP contribution in [0.3, 0.4) is 0 Å². The highest BCUT2D eigenvalue weighted by Gasteiger charge is 2.07. The molecule has 0 amide bonds. The predicted molar refractivity (Wildman–Crippen MR) is 54.0 cm³/mol. The van der Waals surface area contributed by atoms with Crippen molar-refractivity contribution in [1.82, 2.24) is 0 Å². The van der Waals surface area contributed by atoms with Crippen molar-refractivity contribution in [3.8, 4) is 6.07 Å². The first-order chi connectivity index (χ1) is 6.19. The van der Waals surface area contributed by atoms with Crippen molar-refractivity contribution < 1.29 is 4.79 Å². The highest BCUT2D eigenvalue weighted by Crippen LogP contribution is 2.12. The largest absolute Gasteiger partial charge is 0.293 e. The number of hydrogen-bond acceptors (Lipinski definition) is 2. The summed E-state index contributed by atoms with van der Waals surface area (Å²) >= 11 is 3.10. The van der Waals surface area contributed by atoms with E-state index in [1.807, 2.05) is 13.0 Å². The molecule has 0 aliphatic rings. The molecule has 0 saturated carbocycles. The van der Waals surface area contributed by atoms with Crippen molar-refractivity contribution in [2.75, 3.05) is 5.33 Å². The Balaban J connectivity index is 3.20. The van der Waals surface area contributed by atoms with Gasteiger partial charge in [-0.3, -0.25) is 4.79 Å². The van der Waals surface area contributed by atoms with Gasteiger partial charge in [0, 0.05) is 5.56 Å². The molecule has 0 spiro atoms. The Hall–Kier alpha value is -1.14. The summed E-state index contributed by atoms with van der Waals surface area (Å²) in [5, 5.41) is 8.93. The SMILES string of the molecule is Cc1ccc(C#N)cc1C(=O)CBr. The second kappa shape index (κ2) is 4.20. The maximum absolute atomic E-state index is 11.3. The highest BCUT2D eigenvalue weighted by molar-refractivity contribution is 9.09. The van der Waals surface area contributed by atoms with E-state index in [1.54, 1.807) is 18.2 Å². The summed E-state index contributed by atoms with van der Waals surface area (Å²) in [6.45, 7) is 1.86. The number of halogens is 1. The van der Waals surface area contributed by atoms with E-state index in [1.165, 1.54) is 0 Å². The molecule has 0 unspecified atom stereocenters. The number of carbonyl (C=O) groups is 1. The lowest BCUT2D eigenvalue weighted by Gasteiger charge is -2.02. The lowest BCUT2D eigenvalue weighted by molar-refractivity contribution is 0.102. The van der Waals surface area contributed by atoms with Crippen LogP contribution in [-0.4, -0.2) is 11.1 Å². The van der Waals surface area contributed by atoms with Gasteiger partial charge in [-0.1, -0.05) is 22.0 Å². The number of nitriles is 1. The molecular formula is C10H8BrNO. The van der Waals surface area contributed by atoms with Gasteiger partial charge < -0.3 is 0 Å². The summed E-state index contributed by atoms with van der Waals surface area (Å²) in [5.74, 6) is 0.00889. The number of Topliss-reactive ketones (excluding diaryl/α,β-unsaturated/α-hetero) is 1. The number of ketones is 1. The lowest BCUT2D eigenvalue weighted by Crippen LogP contribution is -2.02. The second-order valence-electron chi connectivity index (χ2n) is 2.70. The van der Waals surface area contributed by atoms with Crippen molar-refractivity contribution in [2.45, 2.75) is 6.92 Å². The van der Waals surface area contributed by atoms with Gasteiger partial charge in [0.05, 0.1) is 17.0 Å². The van der Waals surface area contributed by atoms with Crippen LogP contribution in [0.4, 0.5) is 0 Å². The number of carbonyl (C=O) groups excluding carboxylic acids is 1. The van der Waals surface area contributed by atoms with E-state index in [-0.39, 0.29) is 5.78 Å². The van der Waals surface area contributed by atoms with Crippen LogP contribution in [0.1, 0.15) is 21.5 Å². The van der Waals surface area contributed by atoms with Crippen LogP contribution >= 0.6 is 15.9 Å². The molecule has 0 fully saturated rings. The number of benzene rings is 1. The lowest BCUT2D eigenvalue weighted by atomic mass is 10.0. The maximum atomic E-state index is 11.3. The molecule has 0 N–H and O–H groups in total. The van der Waals surface area contributed by atoms with Crippen LogP contribution in [0.5, 0.6) is 0 Å². The van der Waals surface area contributed by atoms with Crippen LogP contribution in [0, 0.1) is 18.3 Å². The molecule has 66 valence electrons. The molecule has 0 aliphatic heterocycles. The van der Waals surface area contributed by atoms with E-state index in [0.29, 0.717) is 16.5 Å². The van der Waals surface area contributed by atoms with E-state index in [0.717, 1.165) is 5.56 Å². The summed E-state index contributed by atoms with van der Waals surface area (Å²) in [6.07, 6.45) is 0. The molecule has 0 saturated heterocycles. The molecule has 0 heterocycles. The van der Waals surface area contributed by atoms with Crippen molar-refractivity contribution in [3.05, 3.63) is 34.9 Å². The summed E-state index contributed by atoms with van der Waals surface area (Å²) in [6, 6.07) is 7.12. The molecular weight excluding hydrogens is 230 g/mol. The average molecular weight is 238 g/mol. The Kier molecular flexibility index (Phi) is 3.21. The first-order valence-electron chi connectivity index (χ1n) is 3.79. The Labute approximate surface area is 85.3 Å². The zero-order valence-corrected chi connectivity index (χ0v) is 8.76. The van der Waals surface area contributed by atoms with Crippen LogP contribution < -0.4 is 0 Å². The number of nitrogens with zero attached hydrogens (tertiary/aromatic N) is 1. The van der Waals surface area contributed by atoms with E-state index < -0.39 is 0 Å². The van der Waals surface area contributed by atoms with E-state index in [9.17, 15) is 4.79 Å². The highest BCUT2D eigenvalue weighted by atomic mass is 79.9. The van der Waals surface area contributed by atoms with Crippen molar-refractivity contribution >= 4 is 21.7 Å². The Morgan fingerprint density at radius 1 is 1.62 bits per heavy atom. The third kappa shape index (κ3) is 2.16. The third-order valence-corrected chi connectivity index (χ3v) is 2.30. The summed E-state index contributed by atoms with van der Waals surface area (Å²) < 4.78 is 0. The van der Waals surface area contributed by atoms with Gasteiger partial charge in [0.15, 0.2) is 5.78 Å². The number of alkyl halides is 1. The first kappa shape index (κ1) is 9.94. The topological polar surface area (TPSA) is 40.9 Å². The minimum absolute atomic E-state index is 0.00889. The summed E-state index contributed by atoms with van der Waals surface area (Å²) in [4.78, 5) is 11.3. The van der Waals surface area contributed by atoms with Crippen molar-refractivity contribution in [2.24, 2.45) is 0 Å². The first-order valence-corrected chi connectivity index (χ1v) is 4.91. The maximum Gasteiger partial charge on any atom is 0.173 e. The Morgan fingerprint density at radius 2 is 2.31 bits per heavy atom. The molecule has 0 radical (unpaired) electrons. The van der Waals surface area contributed by atoms with Gasteiger partial charge in [0.25, 0.3) is 0 Å². The minimum atomic E-state index is 0.00889. The van der Waals surface area contributed by atoms with E-state index >= 15 is 0 Å². The molecule has 13 heavy (non-hydrogen) atoms. The van der Waals surface area contributed by atoms with Gasteiger partial charge in [-0.2, -0.15) is 5.26 Å². The Bertz CT molecular complexity index is 379. The number of hydrogen-bond donors (Lipinski definition) is 0. The van der Waals surface area contributed by atoms with Crippen LogP contribution in [0.25, 0.3) is 0 Å². The standard InChI is InChI=1S/C10H8BrNO/c1-7-2-3-8(6-12)4-9(7)10(13)5-11/h2-4H,5H2,1H3. The monoisotopic (exact) mass is 237 g/mol. The molecule has 1 rings (SSSR count). The number of aryl methyl sites for hydroxylation is 1. The number of rotatable bonds is 2. The average Bonchev–Trinajstić information content (AvgIpc) is 2.17. The zero-order valence-electron chi connectivity index (χ0n) is 7.17. The van der Waals surface area contributed by atoms with E-state index in [2.05, 4.69) is 15.9 Å². The third-order valence-electron chi connectivity index (χ3n) is 1.79. The van der Waals surface area contributed by atoms with Gasteiger partial charge in [-0.25, -0.2) is 0 Å². The van der Waals surface area contributed by atoms with Crippen LogP contribution in [0.2, 0.25) is 0 Å². The normalized spacial score (nSPS) is 9.31. The predicted octanol–water partition coefficient (Wildman–Crippen LogP) is 2.44. The van der Waals surface area contributed by atoms with Gasteiger partial charge in [-0.05, 0) is 24.6 Å². The molecule has 0 bridgehead atoms.